The van der Waals surface area contributed by atoms with Gasteiger partial charge in [-0.15, -0.1) is 0 Å². The summed E-state index contributed by atoms with van der Waals surface area (Å²) in [5, 5.41) is 5.56. The third kappa shape index (κ3) is 4.47. The lowest BCUT2D eigenvalue weighted by molar-refractivity contribution is 0.142. The molecule has 0 atom stereocenters. The first kappa shape index (κ1) is 16.3. The van der Waals surface area contributed by atoms with Gasteiger partial charge in [0, 0.05) is 54.5 Å². The summed E-state index contributed by atoms with van der Waals surface area (Å²) in [7, 11) is 0. The van der Waals surface area contributed by atoms with Crippen LogP contribution in [0.15, 0.2) is 24.4 Å². The molecule has 0 aliphatic rings. The molecule has 0 spiro atoms. The molecule has 0 saturated carbocycles. The van der Waals surface area contributed by atoms with Crippen molar-refractivity contribution < 1.29 is 4.74 Å². The normalized spacial score (nSPS) is 11.7. The average Bonchev–Trinajstić information content (AvgIpc) is 2.79. The second-order valence-corrected chi connectivity index (χ2v) is 6.03. The summed E-state index contributed by atoms with van der Waals surface area (Å²) in [6.07, 6.45) is 3.25. The third-order valence-electron chi connectivity index (χ3n) is 3.52. The number of ether oxygens (including phenoxy) is 1. The number of rotatable bonds is 8. The van der Waals surface area contributed by atoms with Gasteiger partial charge in [-0.3, -0.25) is 0 Å². The largest absolute Gasteiger partial charge is 0.382 e. The average molecular weight is 309 g/mol. The number of halogens is 1. The van der Waals surface area contributed by atoms with Crippen LogP contribution in [0.2, 0.25) is 5.02 Å². The molecule has 0 saturated heterocycles. The van der Waals surface area contributed by atoms with E-state index in [0.29, 0.717) is 6.04 Å². The van der Waals surface area contributed by atoms with Gasteiger partial charge in [0.2, 0.25) is 0 Å². The Morgan fingerprint density at radius 3 is 2.86 bits per heavy atom. The van der Waals surface area contributed by atoms with E-state index < -0.39 is 0 Å². The van der Waals surface area contributed by atoms with Crippen LogP contribution in [0.5, 0.6) is 0 Å². The predicted molar refractivity (Wildman–Crippen MR) is 90.0 cm³/mol. The molecule has 0 bridgehead atoms. The Morgan fingerprint density at radius 2 is 2.14 bits per heavy atom. The SMILES string of the molecule is CCOCCCn1cc(CNC(C)C)c2ccc(Cl)cc21. The summed E-state index contributed by atoms with van der Waals surface area (Å²) in [6, 6.07) is 6.62. The lowest BCUT2D eigenvalue weighted by atomic mass is 10.1. The van der Waals surface area contributed by atoms with Crippen LogP contribution < -0.4 is 5.32 Å². The minimum atomic E-state index is 0.480. The van der Waals surface area contributed by atoms with Gasteiger partial charge in [-0.05, 0) is 31.0 Å². The summed E-state index contributed by atoms with van der Waals surface area (Å²) < 4.78 is 7.71. The van der Waals surface area contributed by atoms with Gasteiger partial charge in [-0.2, -0.15) is 0 Å². The maximum Gasteiger partial charge on any atom is 0.0498 e. The van der Waals surface area contributed by atoms with Crippen LogP contribution in [0, 0.1) is 0 Å². The number of benzene rings is 1. The van der Waals surface area contributed by atoms with E-state index in [0.717, 1.165) is 37.7 Å². The highest BCUT2D eigenvalue weighted by Gasteiger charge is 2.09. The Balaban J connectivity index is 2.20. The molecule has 2 aromatic rings. The fraction of sp³-hybridized carbons (Fsp3) is 0.529. The molecular weight excluding hydrogens is 284 g/mol. The quantitative estimate of drug-likeness (QED) is 0.739. The highest BCUT2D eigenvalue weighted by atomic mass is 35.5. The van der Waals surface area contributed by atoms with Gasteiger partial charge < -0.3 is 14.6 Å². The van der Waals surface area contributed by atoms with E-state index >= 15 is 0 Å². The van der Waals surface area contributed by atoms with Crippen molar-refractivity contribution in [2.45, 2.75) is 46.3 Å². The molecule has 1 N–H and O–H groups in total. The van der Waals surface area contributed by atoms with Crippen molar-refractivity contribution in [2.24, 2.45) is 0 Å². The Morgan fingerprint density at radius 1 is 1.33 bits per heavy atom. The standard InChI is InChI=1S/C17H25ClN2O/c1-4-21-9-5-8-20-12-14(11-19-13(2)3)16-7-6-15(18)10-17(16)20/h6-7,10,12-13,19H,4-5,8-9,11H2,1-3H3. The van der Waals surface area contributed by atoms with Gasteiger partial charge in [0.15, 0.2) is 0 Å². The zero-order valence-corrected chi connectivity index (χ0v) is 13.9. The Kier molecular flexibility index (Phi) is 6.09. The topological polar surface area (TPSA) is 26.2 Å². The van der Waals surface area contributed by atoms with Crippen LogP contribution in [-0.4, -0.2) is 23.8 Å². The number of fused-ring (bicyclic) bond motifs is 1. The van der Waals surface area contributed by atoms with Gasteiger partial charge in [-0.25, -0.2) is 0 Å². The number of aromatic nitrogens is 1. The second-order valence-electron chi connectivity index (χ2n) is 5.60. The first-order chi connectivity index (χ1) is 10.1. The zero-order valence-electron chi connectivity index (χ0n) is 13.2. The third-order valence-corrected chi connectivity index (χ3v) is 3.75. The fourth-order valence-corrected chi connectivity index (χ4v) is 2.63. The number of aryl methyl sites for hydroxylation is 1. The molecule has 1 heterocycles. The molecule has 0 amide bonds. The van der Waals surface area contributed by atoms with Crippen LogP contribution in [0.3, 0.4) is 0 Å². The first-order valence-corrected chi connectivity index (χ1v) is 8.08. The Hall–Kier alpha value is -1.03. The number of nitrogens with zero attached hydrogens (tertiary/aromatic N) is 1. The monoisotopic (exact) mass is 308 g/mol. The van der Waals surface area contributed by atoms with Crippen LogP contribution in [0.4, 0.5) is 0 Å². The number of nitrogens with one attached hydrogen (secondary N) is 1. The van der Waals surface area contributed by atoms with Crippen molar-refractivity contribution in [1.82, 2.24) is 9.88 Å². The molecule has 0 unspecified atom stereocenters. The molecule has 21 heavy (non-hydrogen) atoms. The van der Waals surface area contributed by atoms with E-state index in [2.05, 4.69) is 42.1 Å². The lowest BCUT2D eigenvalue weighted by Gasteiger charge is -2.06. The minimum absolute atomic E-state index is 0.480. The predicted octanol–water partition coefficient (Wildman–Crippen LogP) is 4.22. The first-order valence-electron chi connectivity index (χ1n) is 7.70. The lowest BCUT2D eigenvalue weighted by Crippen LogP contribution is -2.21. The maximum atomic E-state index is 6.16. The van der Waals surface area contributed by atoms with Gasteiger partial charge >= 0.3 is 0 Å². The van der Waals surface area contributed by atoms with Gasteiger partial charge in [0.25, 0.3) is 0 Å². The van der Waals surface area contributed by atoms with Gasteiger partial charge in [-0.1, -0.05) is 31.5 Å². The van der Waals surface area contributed by atoms with E-state index in [1.165, 1.54) is 16.5 Å². The zero-order chi connectivity index (χ0) is 15.2. The van der Waals surface area contributed by atoms with Crippen LogP contribution in [0.25, 0.3) is 10.9 Å². The Labute approximate surface area is 132 Å². The van der Waals surface area contributed by atoms with Crippen molar-refractivity contribution in [3.63, 3.8) is 0 Å². The van der Waals surface area contributed by atoms with Crippen molar-refractivity contribution in [2.75, 3.05) is 13.2 Å². The minimum Gasteiger partial charge on any atom is -0.382 e. The second kappa shape index (κ2) is 7.83. The van der Waals surface area contributed by atoms with E-state index in [4.69, 9.17) is 16.3 Å². The highest BCUT2D eigenvalue weighted by molar-refractivity contribution is 6.31. The molecule has 0 fully saturated rings. The molecule has 4 heteroatoms. The summed E-state index contributed by atoms with van der Waals surface area (Å²) in [5.74, 6) is 0. The van der Waals surface area contributed by atoms with Crippen molar-refractivity contribution in [3.05, 3.63) is 35.0 Å². The molecule has 1 aromatic carbocycles. The number of hydrogen-bond acceptors (Lipinski definition) is 2. The molecule has 0 aliphatic heterocycles. The van der Waals surface area contributed by atoms with Gasteiger partial charge in [0.1, 0.15) is 0 Å². The van der Waals surface area contributed by atoms with Crippen molar-refractivity contribution in [1.29, 1.82) is 0 Å². The van der Waals surface area contributed by atoms with Crippen LogP contribution >= 0.6 is 11.6 Å². The molecule has 116 valence electrons. The van der Waals surface area contributed by atoms with Crippen molar-refractivity contribution >= 4 is 22.5 Å². The number of hydrogen-bond donors (Lipinski definition) is 1. The molecule has 3 nitrogen and oxygen atoms in total. The summed E-state index contributed by atoms with van der Waals surface area (Å²) in [5.41, 5.74) is 2.53. The smallest absolute Gasteiger partial charge is 0.0498 e. The molecule has 1 aromatic heterocycles. The van der Waals surface area contributed by atoms with Crippen LogP contribution in [-0.2, 0) is 17.8 Å². The summed E-state index contributed by atoms with van der Waals surface area (Å²) >= 11 is 6.16. The maximum absolute atomic E-state index is 6.16. The van der Waals surface area contributed by atoms with E-state index in [-0.39, 0.29) is 0 Å². The molecular formula is C17H25ClN2O. The van der Waals surface area contributed by atoms with E-state index in [9.17, 15) is 0 Å². The molecule has 0 aliphatic carbocycles. The van der Waals surface area contributed by atoms with Crippen molar-refractivity contribution in [3.8, 4) is 0 Å². The van der Waals surface area contributed by atoms with Crippen LogP contribution in [0.1, 0.15) is 32.8 Å². The van der Waals surface area contributed by atoms with E-state index in [1.807, 2.05) is 13.0 Å². The summed E-state index contributed by atoms with van der Waals surface area (Å²) in [6.45, 7) is 9.78. The highest BCUT2D eigenvalue weighted by Crippen LogP contribution is 2.25. The molecule has 2 rings (SSSR count). The fourth-order valence-electron chi connectivity index (χ4n) is 2.46. The summed E-state index contributed by atoms with van der Waals surface area (Å²) in [4.78, 5) is 0. The van der Waals surface area contributed by atoms with Gasteiger partial charge in [0.05, 0.1) is 0 Å². The molecule has 0 radical (unpaired) electrons. The Bertz CT molecular complexity index is 577. The van der Waals surface area contributed by atoms with E-state index in [1.54, 1.807) is 0 Å².